The van der Waals surface area contributed by atoms with Gasteiger partial charge in [0, 0.05) is 6.54 Å². The van der Waals surface area contributed by atoms with Crippen LogP contribution in [-0.2, 0) is 6.61 Å². The summed E-state index contributed by atoms with van der Waals surface area (Å²) >= 11 is 0. The second kappa shape index (κ2) is 5.33. The molecule has 2 N–H and O–H groups in total. The molecule has 0 unspecified atom stereocenters. The lowest BCUT2D eigenvalue weighted by molar-refractivity contribution is 0.306. The van der Waals surface area contributed by atoms with Crippen LogP contribution in [0.4, 0.5) is 0 Å². The van der Waals surface area contributed by atoms with Crippen LogP contribution in [0.5, 0.6) is 5.75 Å². The molecule has 2 heteroatoms. The van der Waals surface area contributed by atoms with Gasteiger partial charge in [0.05, 0.1) is 0 Å². The fourth-order valence-electron chi connectivity index (χ4n) is 1.42. The van der Waals surface area contributed by atoms with Crippen molar-refractivity contribution in [3.8, 4) is 5.75 Å². The summed E-state index contributed by atoms with van der Waals surface area (Å²) in [6.45, 7) is 2.16. The number of hydrogen-bond donors (Lipinski definition) is 1. The molecule has 0 fully saturated rings. The third-order valence-electron chi connectivity index (χ3n) is 2.32. The first-order valence-electron chi connectivity index (χ1n) is 5.20. The van der Waals surface area contributed by atoms with Crippen LogP contribution in [-0.4, -0.2) is 0 Å². The zero-order valence-corrected chi connectivity index (χ0v) is 8.97. The topological polar surface area (TPSA) is 35.2 Å². The van der Waals surface area contributed by atoms with Gasteiger partial charge < -0.3 is 10.5 Å². The smallest absolute Gasteiger partial charge is 0.119 e. The number of rotatable bonds is 4. The summed E-state index contributed by atoms with van der Waals surface area (Å²) in [5.74, 6) is 0.856. The minimum Gasteiger partial charge on any atom is -0.489 e. The largest absolute Gasteiger partial charge is 0.489 e. The van der Waals surface area contributed by atoms with Gasteiger partial charge in [-0.15, -0.1) is 0 Å². The Hall–Kier alpha value is -1.80. The van der Waals surface area contributed by atoms with Gasteiger partial charge in [0.1, 0.15) is 12.4 Å². The number of ether oxygens (including phenoxy) is 1. The lowest BCUT2D eigenvalue weighted by Crippen LogP contribution is -1.96. The van der Waals surface area contributed by atoms with Crippen molar-refractivity contribution in [2.75, 3.05) is 0 Å². The summed E-state index contributed by atoms with van der Waals surface area (Å²) in [5.41, 5.74) is 7.56. The van der Waals surface area contributed by atoms with E-state index in [2.05, 4.69) is 0 Å². The average molecular weight is 212 g/mol. The minimum atomic E-state index is 0.590. The third-order valence-corrected chi connectivity index (χ3v) is 2.32. The maximum Gasteiger partial charge on any atom is 0.119 e. The highest BCUT2D eigenvalue weighted by Crippen LogP contribution is 2.14. The maximum atomic E-state index is 5.64. The molecule has 0 aromatic heterocycles. The van der Waals surface area contributed by atoms with Gasteiger partial charge in [-0.1, -0.05) is 42.5 Å². The normalized spacial score (nSPS) is 10.1. The van der Waals surface area contributed by atoms with E-state index in [0.29, 0.717) is 6.61 Å². The van der Waals surface area contributed by atoms with E-state index in [1.54, 1.807) is 6.54 Å². The van der Waals surface area contributed by atoms with Gasteiger partial charge in [0.2, 0.25) is 0 Å². The minimum absolute atomic E-state index is 0.590. The molecular formula is C14H14NO. The van der Waals surface area contributed by atoms with Crippen molar-refractivity contribution < 1.29 is 4.74 Å². The molecule has 0 aliphatic heterocycles. The molecule has 0 atom stereocenters. The zero-order valence-electron chi connectivity index (χ0n) is 8.97. The van der Waals surface area contributed by atoms with Crippen LogP contribution in [0.25, 0.3) is 0 Å². The quantitative estimate of drug-likeness (QED) is 0.845. The van der Waals surface area contributed by atoms with Crippen LogP contribution in [0.1, 0.15) is 11.1 Å². The highest BCUT2D eigenvalue weighted by molar-refractivity contribution is 5.30. The van der Waals surface area contributed by atoms with Gasteiger partial charge in [-0.05, 0) is 23.3 Å². The predicted octanol–water partition coefficient (Wildman–Crippen LogP) is 2.73. The second-order valence-electron chi connectivity index (χ2n) is 3.51. The Kier molecular flexibility index (Phi) is 3.57. The van der Waals surface area contributed by atoms with Crippen LogP contribution >= 0.6 is 0 Å². The molecule has 2 rings (SSSR count). The molecule has 16 heavy (non-hydrogen) atoms. The van der Waals surface area contributed by atoms with Crippen molar-refractivity contribution in [2.45, 2.75) is 6.61 Å². The average Bonchev–Trinajstić information content (AvgIpc) is 2.38. The molecule has 1 radical (unpaired) electrons. The van der Waals surface area contributed by atoms with Crippen LogP contribution < -0.4 is 10.5 Å². The first-order valence-corrected chi connectivity index (χ1v) is 5.20. The van der Waals surface area contributed by atoms with E-state index in [0.717, 1.165) is 16.9 Å². The van der Waals surface area contributed by atoms with Gasteiger partial charge in [0.15, 0.2) is 0 Å². The number of nitrogens with two attached hydrogens (primary N) is 1. The van der Waals surface area contributed by atoms with E-state index in [4.69, 9.17) is 10.5 Å². The van der Waals surface area contributed by atoms with Crippen molar-refractivity contribution in [2.24, 2.45) is 5.73 Å². The van der Waals surface area contributed by atoms with E-state index in [1.165, 1.54) is 0 Å². The molecular weight excluding hydrogens is 198 g/mol. The molecule has 0 saturated heterocycles. The summed E-state index contributed by atoms with van der Waals surface area (Å²) in [5, 5.41) is 0. The summed E-state index contributed by atoms with van der Waals surface area (Å²) in [7, 11) is 0. The molecule has 0 aliphatic rings. The van der Waals surface area contributed by atoms with Crippen molar-refractivity contribution in [1.82, 2.24) is 0 Å². The molecule has 0 amide bonds. The summed E-state index contributed by atoms with van der Waals surface area (Å²) in [6.07, 6.45) is 0. The standard InChI is InChI=1S/C14H14NO/c15-10-12-6-8-14(9-7-12)16-11-13-4-2-1-3-5-13/h1-10H,11,15H2. The van der Waals surface area contributed by atoms with Crippen molar-refractivity contribution in [1.29, 1.82) is 0 Å². The third kappa shape index (κ3) is 2.84. The Morgan fingerprint density at radius 3 is 2.25 bits per heavy atom. The monoisotopic (exact) mass is 212 g/mol. The molecule has 0 spiro atoms. The Balaban J connectivity index is 1.94. The van der Waals surface area contributed by atoms with Gasteiger partial charge in [0.25, 0.3) is 0 Å². The molecule has 2 aromatic rings. The van der Waals surface area contributed by atoms with Crippen molar-refractivity contribution in [3.05, 3.63) is 72.3 Å². The van der Waals surface area contributed by atoms with E-state index < -0.39 is 0 Å². The maximum absolute atomic E-state index is 5.64. The lowest BCUT2D eigenvalue weighted by Gasteiger charge is -2.06. The first-order chi connectivity index (χ1) is 7.88. The Labute approximate surface area is 95.7 Å². The molecule has 0 bridgehead atoms. The van der Waals surface area contributed by atoms with E-state index in [-0.39, 0.29) is 0 Å². The zero-order chi connectivity index (χ0) is 11.2. The van der Waals surface area contributed by atoms with Crippen LogP contribution in [0.2, 0.25) is 0 Å². The predicted molar refractivity (Wildman–Crippen MR) is 64.8 cm³/mol. The lowest BCUT2D eigenvalue weighted by atomic mass is 10.2. The Morgan fingerprint density at radius 1 is 0.938 bits per heavy atom. The van der Waals surface area contributed by atoms with E-state index >= 15 is 0 Å². The molecule has 0 saturated carbocycles. The van der Waals surface area contributed by atoms with Gasteiger partial charge >= 0.3 is 0 Å². The van der Waals surface area contributed by atoms with Crippen LogP contribution in [0, 0.1) is 6.54 Å². The summed E-state index contributed by atoms with van der Waals surface area (Å²) in [6, 6.07) is 17.8. The Morgan fingerprint density at radius 2 is 1.62 bits per heavy atom. The van der Waals surface area contributed by atoms with Crippen LogP contribution in [0.3, 0.4) is 0 Å². The molecule has 81 valence electrons. The molecule has 0 aliphatic carbocycles. The van der Waals surface area contributed by atoms with E-state index in [9.17, 15) is 0 Å². The van der Waals surface area contributed by atoms with Gasteiger partial charge in [-0.25, -0.2) is 0 Å². The Bertz CT molecular complexity index is 422. The van der Waals surface area contributed by atoms with Crippen molar-refractivity contribution in [3.63, 3.8) is 0 Å². The first kappa shape index (κ1) is 10.7. The van der Waals surface area contributed by atoms with Crippen LogP contribution in [0.15, 0.2) is 54.6 Å². The summed E-state index contributed by atoms with van der Waals surface area (Å²) < 4.78 is 5.64. The fraction of sp³-hybridized carbons (Fsp3) is 0.0714. The highest BCUT2D eigenvalue weighted by atomic mass is 16.5. The number of hydrogen-bond acceptors (Lipinski definition) is 2. The second-order valence-corrected chi connectivity index (χ2v) is 3.51. The van der Waals surface area contributed by atoms with Gasteiger partial charge in [-0.3, -0.25) is 0 Å². The fourth-order valence-corrected chi connectivity index (χ4v) is 1.42. The molecule has 2 aromatic carbocycles. The molecule has 0 heterocycles. The SMILES string of the molecule is N[CH]c1ccc(OCc2ccccc2)cc1. The highest BCUT2D eigenvalue weighted by Gasteiger charge is 1.95. The van der Waals surface area contributed by atoms with Crippen molar-refractivity contribution >= 4 is 0 Å². The van der Waals surface area contributed by atoms with E-state index in [1.807, 2.05) is 54.6 Å². The number of benzene rings is 2. The summed E-state index contributed by atoms with van der Waals surface area (Å²) in [4.78, 5) is 0. The molecule has 2 nitrogen and oxygen atoms in total. The van der Waals surface area contributed by atoms with Gasteiger partial charge in [-0.2, -0.15) is 0 Å².